The molecule has 1 aromatic carbocycles. The first-order valence-corrected chi connectivity index (χ1v) is 5.21. The summed E-state index contributed by atoms with van der Waals surface area (Å²) in [7, 11) is 1.34. The fourth-order valence-corrected chi connectivity index (χ4v) is 1.93. The van der Waals surface area contributed by atoms with Gasteiger partial charge in [0.2, 0.25) is 0 Å². The molecule has 0 radical (unpaired) electrons. The number of carbonyl (C=O) groups excluding carboxylic acids is 1. The highest BCUT2D eigenvalue weighted by Crippen LogP contribution is 2.30. The van der Waals surface area contributed by atoms with E-state index >= 15 is 0 Å². The number of ether oxygens (including phenoxy) is 1. The summed E-state index contributed by atoms with van der Waals surface area (Å²) in [6, 6.07) is 6.20. The molecule has 0 spiro atoms. The fraction of sp³-hybridized carbons (Fsp3) is 0.333. The van der Waals surface area contributed by atoms with E-state index in [1.54, 1.807) is 12.1 Å². The quantitative estimate of drug-likeness (QED) is 0.787. The zero-order valence-corrected chi connectivity index (χ0v) is 9.58. The summed E-state index contributed by atoms with van der Waals surface area (Å²) >= 11 is 0. The average molecular weight is 235 g/mol. The van der Waals surface area contributed by atoms with Crippen molar-refractivity contribution in [2.45, 2.75) is 19.1 Å². The number of β-lactam (4-membered cyclic amide) rings is 1. The normalized spacial score (nSPS) is 23.4. The Labute approximate surface area is 98.6 Å². The molecule has 2 atom stereocenters. The van der Waals surface area contributed by atoms with Crippen molar-refractivity contribution in [2.24, 2.45) is 0 Å². The minimum atomic E-state index is -1.06. The number of hydrogen-bond donors (Lipinski definition) is 1. The topological polar surface area (TPSA) is 66.8 Å². The lowest BCUT2D eigenvalue weighted by atomic mass is 9.96. The van der Waals surface area contributed by atoms with Crippen LogP contribution in [0.2, 0.25) is 0 Å². The van der Waals surface area contributed by atoms with Crippen molar-refractivity contribution in [3.8, 4) is 0 Å². The van der Waals surface area contributed by atoms with Gasteiger partial charge in [0.05, 0.1) is 0 Å². The average Bonchev–Trinajstić information content (AvgIpc) is 2.28. The molecule has 1 amide bonds. The molecule has 0 bridgehead atoms. The van der Waals surface area contributed by atoms with Gasteiger partial charge in [-0.1, -0.05) is 17.7 Å². The Kier molecular flexibility index (Phi) is 2.85. The largest absolute Gasteiger partial charge is 0.480 e. The first-order valence-electron chi connectivity index (χ1n) is 5.21. The number of aryl methyl sites for hydroxylation is 1. The Morgan fingerprint density at radius 3 is 2.41 bits per heavy atom. The SMILES string of the molecule is COC1C(=O)N(c2ccc(C)cc2)C1C(=O)O. The number of methoxy groups -OCH3 is 1. The zero-order chi connectivity index (χ0) is 12.6. The van der Waals surface area contributed by atoms with E-state index in [4.69, 9.17) is 9.84 Å². The maximum atomic E-state index is 11.7. The van der Waals surface area contributed by atoms with E-state index in [0.717, 1.165) is 5.56 Å². The van der Waals surface area contributed by atoms with Gasteiger partial charge in [-0.3, -0.25) is 9.69 Å². The van der Waals surface area contributed by atoms with E-state index in [2.05, 4.69) is 0 Å². The number of hydrogen-bond acceptors (Lipinski definition) is 3. The van der Waals surface area contributed by atoms with E-state index < -0.39 is 18.1 Å². The smallest absolute Gasteiger partial charge is 0.330 e. The lowest BCUT2D eigenvalue weighted by Gasteiger charge is -2.43. The number of anilines is 1. The van der Waals surface area contributed by atoms with Gasteiger partial charge >= 0.3 is 5.97 Å². The molecule has 0 aliphatic carbocycles. The summed E-state index contributed by atoms with van der Waals surface area (Å²) in [5, 5.41) is 9.06. The van der Waals surface area contributed by atoms with Crippen LogP contribution in [0.5, 0.6) is 0 Å². The van der Waals surface area contributed by atoms with Gasteiger partial charge < -0.3 is 9.84 Å². The van der Waals surface area contributed by atoms with Crippen molar-refractivity contribution < 1.29 is 19.4 Å². The lowest BCUT2D eigenvalue weighted by molar-refractivity contribution is -0.155. The van der Waals surface area contributed by atoms with Crippen LogP contribution in [0, 0.1) is 6.92 Å². The van der Waals surface area contributed by atoms with E-state index in [9.17, 15) is 9.59 Å². The predicted octanol–water partition coefficient (Wildman–Crippen LogP) is 0.810. The Morgan fingerprint density at radius 1 is 1.35 bits per heavy atom. The molecular weight excluding hydrogens is 222 g/mol. The second-order valence-electron chi connectivity index (χ2n) is 3.98. The molecule has 2 unspecified atom stereocenters. The number of aliphatic carboxylic acids is 1. The Bertz CT molecular complexity index is 454. The number of rotatable bonds is 3. The van der Waals surface area contributed by atoms with Crippen LogP contribution in [-0.2, 0) is 14.3 Å². The summed E-state index contributed by atoms with van der Waals surface area (Å²) in [4.78, 5) is 24.0. The first kappa shape index (κ1) is 11.6. The number of carbonyl (C=O) groups is 2. The molecule has 1 saturated heterocycles. The molecule has 0 aromatic heterocycles. The van der Waals surface area contributed by atoms with Crippen molar-refractivity contribution >= 4 is 17.6 Å². The summed E-state index contributed by atoms with van der Waals surface area (Å²) in [5.74, 6) is -1.37. The fourth-order valence-electron chi connectivity index (χ4n) is 1.93. The highest BCUT2D eigenvalue weighted by atomic mass is 16.5. The second-order valence-corrected chi connectivity index (χ2v) is 3.98. The predicted molar refractivity (Wildman–Crippen MR) is 60.9 cm³/mol. The summed E-state index contributed by atoms with van der Waals surface area (Å²) in [6.45, 7) is 1.92. The second kappa shape index (κ2) is 4.18. The molecule has 0 saturated carbocycles. The molecule has 1 heterocycles. The first-order chi connectivity index (χ1) is 8.06. The van der Waals surface area contributed by atoms with Gasteiger partial charge in [0.25, 0.3) is 5.91 Å². The van der Waals surface area contributed by atoms with Crippen molar-refractivity contribution in [3.05, 3.63) is 29.8 Å². The van der Waals surface area contributed by atoms with E-state index in [1.165, 1.54) is 12.0 Å². The number of benzene rings is 1. The van der Waals surface area contributed by atoms with Crippen molar-refractivity contribution in [1.82, 2.24) is 0 Å². The molecule has 1 aliphatic rings. The van der Waals surface area contributed by atoms with E-state index in [-0.39, 0.29) is 5.91 Å². The van der Waals surface area contributed by atoms with E-state index in [0.29, 0.717) is 5.69 Å². The molecule has 17 heavy (non-hydrogen) atoms. The van der Waals surface area contributed by atoms with Crippen LogP contribution in [0.1, 0.15) is 5.56 Å². The van der Waals surface area contributed by atoms with Crippen molar-refractivity contribution in [3.63, 3.8) is 0 Å². The molecule has 1 N–H and O–H groups in total. The minimum Gasteiger partial charge on any atom is -0.480 e. The minimum absolute atomic E-state index is 0.316. The number of carboxylic acid groups (broad SMARTS) is 1. The highest BCUT2D eigenvalue weighted by Gasteiger charge is 2.53. The summed E-state index contributed by atoms with van der Waals surface area (Å²) in [6.07, 6.45) is -0.881. The third-order valence-corrected chi connectivity index (χ3v) is 2.86. The Hall–Kier alpha value is -1.88. The maximum Gasteiger partial charge on any atom is 0.330 e. The van der Waals surface area contributed by atoms with Gasteiger partial charge in [0.15, 0.2) is 12.1 Å². The number of amides is 1. The van der Waals surface area contributed by atoms with Crippen LogP contribution in [0.25, 0.3) is 0 Å². The van der Waals surface area contributed by atoms with Gasteiger partial charge in [-0.15, -0.1) is 0 Å². The molecule has 90 valence electrons. The molecule has 1 aromatic rings. The molecule has 2 rings (SSSR count). The van der Waals surface area contributed by atoms with Crippen LogP contribution < -0.4 is 4.90 Å². The third kappa shape index (κ3) is 1.78. The van der Waals surface area contributed by atoms with Crippen LogP contribution in [0.3, 0.4) is 0 Å². The van der Waals surface area contributed by atoms with Gasteiger partial charge in [-0.25, -0.2) is 4.79 Å². The zero-order valence-electron chi connectivity index (χ0n) is 9.58. The summed E-state index contributed by atoms with van der Waals surface area (Å²) in [5.41, 5.74) is 1.64. The Morgan fingerprint density at radius 2 is 1.94 bits per heavy atom. The van der Waals surface area contributed by atoms with Gasteiger partial charge in [-0.2, -0.15) is 0 Å². The third-order valence-electron chi connectivity index (χ3n) is 2.86. The maximum absolute atomic E-state index is 11.7. The molecule has 5 nitrogen and oxygen atoms in total. The van der Waals surface area contributed by atoms with E-state index in [1.807, 2.05) is 19.1 Å². The number of nitrogens with zero attached hydrogens (tertiary/aromatic N) is 1. The summed E-state index contributed by atoms with van der Waals surface area (Å²) < 4.78 is 4.88. The highest BCUT2D eigenvalue weighted by molar-refractivity contribution is 6.12. The molecular formula is C12H13NO4. The molecule has 5 heteroatoms. The van der Waals surface area contributed by atoms with Crippen LogP contribution >= 0.6 is 0 Å². The standard InChI is InChI=1S/C12H13NO4/c1-7-3-5-8(6-4-7)13-9(12(15)16)10(17-2)11(13)14/h3-6,9-10H,1-2H3,(H,15,16). The number of carboxylic acids is 1. The van der Waals surface area contributed by atoms with Crippen LogP contribution in [0.4, 0.5) is 5.69 Å². The Balaban J connectivity index is 2.29. The van der Waals surface area contributed by atoms with Crippen molar-refractivity contribution in [1.29, 1.82) is 0 Å². The molecule has 1 fully saturated rings. The van der Waals surface area contributed by atoms with Crippen LogP contribution in [-0.4, -0.2) is 36.2 Å². The molecule has 1 aliphatic heterocycles. The van der Waals surface area contributed by atoms with Gasteiger partial charge in [-0.05, 0) is 19.1 Å². The van der Waals surface area contributed by atoms with Crippen molar-refractivity contribution in [2.75, 3.05) is 12.0 Å². The van der Waals surface area contributed by atoms with Crippen LogP contribution in [0.15, 0.2) is 24.3 Å². The van der Waals surface area contributed by atoms with Gasteiger partial charge in [0.1, 0.15) is 0 Å². The lowest BCUT2D eigenvalue weighted by Crippen LogP contribution is -2.69. The van der Waals surface area contributed by atoms with Gasteiger partial charge in [0, 0.05) is 12.8 Å². The monoisotopic (exact) mass is 235 g/mol.